The molecule has 1 aliphatic heterocycles. The maximum atomic E-state index is 11.7. The number of nitrogens with one attached hydrogen (secondary N) is 1. The molecule has 0 amide bonds. The molecular weight excluding hydrogens is 226 g/mol. The van der Waals surface area contributed by atoms with E-state index in [1.54, 1.807) is 0 Å². The number of esters is 1. The Morgan fingerprint density at radius 3 is 2.67 bits per heavy atom. The molecule has 0 radical (unpaired) electrons. The molecule has 1 aromatic carbocycles. The average molecular weight is 247 g/mol. The van der Waals surface area contributed by atoms with Gasteiger partial charge >= 0.3 is 5.97 Å². The second-order valence-corrected chi connectivity index (χ2v) is 5.02. The van der Waals surface area contributed by atoms with Crippen LogP contribution in [0.2, 0.25) is 0 Å². The molecule has 1 unspecified atom stereocenters. The van der Waals surface area contributed by atoms with Crippen molar-refractivity contribution in [3.8, 4) is 0 Å². The van der Waals surface area contributed by atoms with Crippen molar-refractivity contribution in [3.05, 3.63) is 34.4 Å². The Morgan fingerprint density at radius 1 is 1.28 bits per heavy atom. The smallest absolute Gasteiger partial charge is 0.338 e. The summed E-state index contributed by atoms with van der Waals surface area (Å²) < 4.78 is 4.84. The number of piperidine rings is 1. The van der Waals surface area contributed by atoms with Gasteiger partial charge in [0.25, 0.3) is 0 Å². The lowest BCUT2D eigenvalue weighted by molar-refractivity contribution is 0.0599. The Balaban J connectivity index is 2.37. The average Bonchev–Trinajstić information content (AvgIpc) is 2.39. The van der Waals surface area contributed by atoms with Crippen molar-refractivity contribution in [2.75, 3.05) is 13.7 Å². The van der Waals surface area contributed by atoms with Crippen molar-refractivity contribution in [3.63, 3.8) is 0 Å². The molecule has 0 saturated carbocycles. The Hall–Kier alpha value is -1.35. The van der Waals surface area contributed by atoms with E-state index in [9.17, 15) is 4.79 Å². The topological polar surface area (TPSA) is 38.3 Å². The zero-order chi connectivity index (χ0) is 13.1. The molecule has 0 aromatic heterocycles. The van der Waals surface area contributed by atoms with Crippen LogP contribution in [-0.4, -0.2) is 19.6 Å². The molecule has 1 atom stereocenters. The molecule has 0 bridgehead atoms. The van der Waals surface area contributed by atoms with Crippen LogP contribution in [0.5, 0.6) is 0 Å². The molecule has 1 fully saturated rings. The Kier molecular flexibility index (Phi) is 4.02. The standard InChI is InChI=1S/C15H21NO2/c1-10-8-11(2)13(15(17)18-3)9-12(10)14-6-4-5-7-16-14/h8-9,14,16H,4-7H2,1-3H3. The first kappa shape index (κ1) is 13.1. The first-order valence-corrected chi connectivity index (χ1v) is 6.56. The molecular formula is C15H21NO2. The number of hydrogen-bond acceptors (Lipinski definition) is 3. The second kappa shape index (κ2) is 5.53. The van der Waals surface area contributed by atoms with E-state index >= 15 is 0 Å². The molecule has 1 saturated heterocycles. The summed E-state index contributed by atoms with van der Waals surface area (Å²) in [6, 6.07) is 4.46. The third-order valence-corrected chi connectivity index (χ3v) is 3.70. The third-order valence-electron chi connectivity index (χ3n) is 3.70. The summed E-state index contributed by atoms with van der Waals surface area (Å²) in [5, 5.41) is 3.53. The minimum absolute atomic E-state index is 0.246. The van der Waals surface area contributed by atoms with Gasteiger partial charge < -0.3 is 10.1 Å². The molecule has 3 nitrogen and oxygen atoms in total. The number of carbonyl (C=O) groups excluding carboxylic acids is 1. The van der Waals surface area contributed by atoms with E-state index in [2.05, 4.69) is 18.3 Å². The highest BCUT2D eigenvalue weighted by Crippen LogP contribution is 2.28. The zero-order valence-electron chi connectivity index (χ0n) is 11.4. The molecule has 1 aliphatic rings. The highest BCUT2D eigenvalue weighted by Gasteiger charge is 2.19. The van der Waals surface area contributed by atoms with Crippen molar-refractivity contribution in [2.45, 2.75) is 39.2 Å². The van der Waals surface area contributed by atoms with Gasteiger partial charge in [0.2, 0.25) is 0 Å². The fraction of sp³-hybridized carbons (Fsp3) is 0.533. The van der Waals surface area contributed by atoms with Crippen molar-refractivity contribution in [1.29, 1.82) is 0 Å². The summed E-state index contributed by atoms with van der Waals surface area (Å²) in [4.78, 5) is 11.7. The van der Waals surface area contributed by atoms with Crippen LogP contribution in [0.15, 0.2) is 12.1 Å². The van der Waals surface area contributed by atoms with E-state index < -0.39 is 0 Å². The molecule has 0 aliphatic carbocycles. The zero-order valence-corrected chi connectivity index (χ0v) is 11.4. The predicted molar refractivity (Wildman–Crippen MR) is 71.9 cm³/mol. The fourth-order valence-corrected chi connectivity index (χ4v) is 2.69. The molecule has 2 rings (SSSR count). The molecule has 1 aromatic rings. The molecule has 1 heterocycles. The van der Waals surface area contributed by atoms with Gasteiger partial charge in [0, 0.05) is 6.04 Å². The lowest BCUT2D eigenvalue weighted by Crippen LogP contribution is -2.27. The van der Waals surface area contributed by atoms with Crippen LogP contribution >= 0.6 is 0 Å². The van der Waals surface area contributed by atoms with Crippen molar-refractivity contribution in [1.82, 2.24) is 5.32 Å². The molecule has 18 heavy (non-hydrogen) atoms. The number of carbonyl (C=O) groups is 1. The summed E-state index contributed by atoms with van der Waals surface area (Å²) in [7, 11) is 1.43. The number of hydrogen-bond donors (Lipinski definition) is 1. The van der Waals surface area contributed by atoms with Crippen LogP contribution in [0.3, 0.4) is 0 Å². The predicted octanol–water partition coefficient (Wildman–Crippen LogP) is 2.90. The van der Waals surface area contributed by atoms with E-state index in [-0.39, 0.29) is 5.97 Å². The van der Waals surface area contributed by atoms with E-state index in [4.69, 9.17) is 4.74 Å². The van der Waals surface area contributed by atoms with E-state index in [1.807, 2.05) is 13.0 Å². The third kappa shape index (κ3) is 2.56. The van der Waals surface area contributed by atoms with Gasteiger partial charge in [-0.25, -0.2) is 4.79 Å². The van der Waals surface area contributed by atoms with Crippen LogP contribution < -0.4 is 5.32 Å². The molecule has 0 spiro atoms. The minimum atomic E-state index is -0.246. The SMILES string of the molecule is COC(=O)c1cc(C2CCCCN2)c(C)cc1C. The van der Waals surface area contributed by atoms with Gasteiger partial charge in [-0.2, -0.15) is 0 Å². The highest BCUT2D eigenvalue weighted by molar-refractivity contribution is 5.91. The van der Waals surface area contributed by atoms with Crippen molar-refractivity contribution >= 4 is 5.97 Å². The Bertz CT molecular complexity index is 448. The lowest BCUT2D eigenvalue weighted by Gasteiger charge is -2.26. The summed E-state index contributed by atoms with van der Waals surface area (Å²) in [6.07, 6.45) is 3.63. The normalized spacial score (nSPS) is 19.6. The lowest BCUT2D eigenvalue weighted by atomic mass is 9.91. The largest absolute Gasteiger partial charge is 0.465 e. The molecule has 98 valence electrons. The van der Waals surface area contributed by atoms with Crippen molar-refractivity contribution in [2.24, 2.45) is 0 Å². The van der Waals surface area contributed by atoms with Gasteiger partial charge in [-0.3, -0.25) is 0 Å². The van der Waals surface area contributed by atoms with Gasteiger partial charge in [-0.05, 0) is 56.0 Å². The summed E-state index contributed by atoms with van der Waals surface area (Å²) in [5.41, 5.74) is 4.16. The Labute approximate surface area is 109 Å². The second-order valence-electron chi connectivity index (χ2n) is 5.02. The van der Waals surface area contributed by atoms with Gasteiger partial charge in [0.05, 0.1) is 12.7 Å². The maximum Gasteiger partial charge on any atom is 0.338 e. The van der Waals surface area contributed by atoms with Gasteiger partial charge in [0.15, 0.2) is 0 Å². The quantitative estimate of drug-likeness (QED) is 0.817. The van der Waals surface area contributed by atoms with Gasteiger partial charge in [-0.1, -0.05) is 12.5 Å². The van der Waals surface area contributed by atoms with Crippen LogP contribution in [-0.2, 0) is 4.74 Å². The van der Waals surface area contributed by atoms with Crippen LogP contribution in [0.1, 0.15) is 52.4 Å². The first-order valence-electron chi connectivity index (χ1n) is 6.56. The number of benzene rings is 1. The number of ether oxygens (including phenoxy) is 1. The maximum absolute atomic E-state index is 11.7. The van der Waals surface area contributed by atoms with Gasteiger partial charge in [-0.15, -0.1) is 0 Å². The summed E-state index contributed by atoms with van der Waals surface area (Å²) in [5.74, 6) is -0.246. The summed E-state index contributed by atoms with van der Waals surface area (Å²) >= 11 is 0. The minimum Gasteiger partial charge on any atom is -0.465 e. The van der Waals surface area contributed by atoms with E-state index in [1.165, 1.54) is 31.1 Å². The van der Waals surface area contributed by atoms with Crippen LogP contribution in [0.4, 0.5) is 0 Å². The number of aryl methyl sites for hydroxylation is 2. The Morgan fingerprint density at radius 2 is 2.06 bits per heavy atom. The van der Waals surface area contributed by atoms with E-state index in [0.717, 1.165) is 18.5 Å². The monoisotopic (exact) mass is 247 g/mol. The fourth-order valence-electron chi connectivity index (χ4n) is 2.69. The number of rotatable bonds is 2. The number of methoxy groups -OCH3 is 1. The highest BCUT2D eigenvalue weighted by atomic mass is 16.5. The van der Waals surface area contributed by atoms with Crippen LogP contribution in [0.25, 0.3) is 0 Å². The van der Waals surface area contributed by atoms with Gasteiger partial charge in [0.1, 0.15) is 0 Å². The first-order chi connectivity index (χ1) is 8.63. The molecule has 1 N–H and O–H groups in total. The van der Waals surface area contributed by atoms with Crippen LogP contribution in [0, 0.1) is 13.8 Å². The summed E-state index contributed by atoms with van der Waals surface area (Å²) in [6.45, 7) is 5.13. The van der Waals surface area contributed by atoms with E-state index in [0.29, 0.717) is 11.6 Å². The van der Waals surface area contributed by atoms with Crippen molar-refractivity contribution < 1.29 is 9.53 Å². The molecule has 3 heteroatoms.